The molecule has 0 bridgehead atoms. The number of piperazine rings is 1. The van der Waals surface area contributed by atoms with E-state index in [0.29, 0.717) is 38.4 Å². The molecule has 1 saturated heterocycles. The predicted octanol–water partition coefficient (Wildman–Crippen LogP) is 1.25. The highest BCUT2D eigenvalue weighted by Gasteiger charge is 2.25. The number of nitrogens with one attached hydrogen (secondary N) is 1. The van der Waals surface area contributed by atoms with E-state index in [1.54, 1.807) is 15.8 Å². The highest BCUT2D eigenvalue weighted by Crippen LogP contribution is 2.11. The third-order valence-corrected chi connectivity index (χ3v) is 5.06. The molecule has 2 amide bonds. The number of hydrogen-bond donors (Lipinski definition) is 1. The molecule has 1 unspecified atom stereocenters. The predicted molar refractivity (Wildman–Crippen MR) is 106 cm³/mol. The van der Waals surface area contributed by atoms with E-state index in [9.17, 15) is 9.59 Å². The van der Waals surface area contributed by atoms with Crippen molar-refractivity contribution < 1.29 is 9.59 Å². The van der Waals surface area contributed by atoms with Gasteiger partial charge in [0.1, 0.15) is 0 Å². The van der Waals surface area contributed by atoms with Crippen molar-refractivity contribution in [2.24, 2.45) is 0 Å². The summed E-state index contributed by atoms with van der Waals surface area (Å²) in [5.74, 6) is -0.0859. The molecule has 0 saturated carbocycles. The summed E-state index contributed by atoms with van der Waals surface area (Å²) in [5.41, 5.74) is 2.37. The minimum absolute atomic E-state index is 0.0372. The molecule has 0 spiro atoms. The molecule has 8 nitrogen and oxygen atoms in total. The summed E-state index contributed by atoms with van der Waals surface area (Å²) in [6.07, 6.45) is 2.58. The van der Waals surface area contributed by atoms with Crippen molar-refractivity contribution in [3.63, 3.8) is 0 Å². The van der Waals surface area contributed by atoms with Gasteiger partial charge in [-0.2, -0.15) is 0 Å². The first-order valence-electron chi connectivity index (χ1n) is 9.76. The molecular weight excluding hydrogens is 356 g/mol. The van der Waals surface area contributed by atoms with Gasteiger partial charge in [-0.25, -0.2) is 4.68 Å². The van der Waals surface area contributed by atoms with Crippen molar-refractivity contribution in [2.75, 3.05) is 32.7 Å². The zero-order valence-electron chi connectivity index (χ0n) is 16.8. The summed E-state index contributed by atoms with van der Waals surface area (Å²) >= 11 is 0. The molecule has 2 heterocycles. The van der Waals surface area contributed by atoms with Crippen molar-refractivity contribution in [3.8, 4) is 5.69 Å². The molecule has 3 rings (SSSR count). The number of carbonyl (C=O) groups excluding carboxylic acids is 2. The highest BCUT2D eigenvalue weighted by molar-refractivity contribution is 5.92. The fourth-order valence-corrected chi connectivity index (χ4v) is 3.08. The van der Waals surface area contributed by atoms with Crippen LogP contribution in [0.1, 0.15) is 36.3 Å². The maximum absolute atomic E-state index is 12.7. The molecule has 1 aliphatic rings. The first-order valence-corrected chi connectivity index (χ1v) is 9.76. The van der Waals surface area contributed by atoms with Gasteiger partial charge in [0.2, 0.25) is 5.91 Å². The standard InChI is InChI=1S/C20H28N6O2/c1-4-16(3)21-19(27)14-24-9-11-25(12-10-24)20(28)18-13-26(23-22-18)17-7-5-15(2)6-8-17/h5-8,13,16H,4,9-12,14H2,1-3H3,(H,21,27). The summed E-state index contributed by atoms with van der Waals surface area (Å²) in [5, 5.41) is 11.1. The van der Waals surface area contributed by atoms with E-state index in [2.05, 4.69) is 20.5 Å². The highest BCUT2D eigenvalue weighted by atomic mass is 16.2. The number of aromatic nitrogens is 3. The van der Waals surface area contributed by atoms with E-state index in [-0.39, 0.29) is 17.9 Å². The fraction of sp³-hybridized carbons (Fsp3) is 0.500. The second kappa shape index (κ2) is 8.97. The summed E-state index contributed by atoms with van der Waals surface area (Å²) in [4.78, 5) is 28.6. The van der Waals surface area contributed by atoms with Crippen LogP contribution in [0.4, 0.5) is 0 Å². The lowest BCUT2D eigenvalue weighted by molar-refractivity contribution is -0.123. The number of nitrogens with zero attached hydrogens (tertiary/aromatic N) is 5. The quantitative estimate of drug-likeness (QED) is 0.810. The number of aryl methyl sites for hydroxylation is 1. The van der Waals surface area contributed by atoms with Crippen molar-refractivity contribution in [2.45, 2.75) is 33.2 Å². The summed E-state index contributed by atoms with van der Waals surface area (Å²) in [7, 11) is 0. The molecule has 1 atom stereocenters. The van der Waals surface area contributed by atoms with Crippen LogP contribution in [0, 0.1) is 6.92 Å². The molecule has 1 N–H and O–H groups in total. The first kappa shape index (κ1) is 20.0. The second-order valence-corrected chi connectivity index (χ2v) is 7.33. The maximum Gasteiger partial charge on any atom is 0.276 e. The molecule has 0 radical (unpaired) electrons. The Bertz CT molecular complexity index is 808. The van der Waals surface area contributed by atoms with Gasteiger partial charge in [0, 0.05) is 32.2 Å². The van der Waals surface area contributed by atoms with Crippen molar-refractivity contribution in [3.05, 3.63) is 41.7 Å². The van der Waals surface area contributed by atoms with Gasteiger partial charge in [0.15, 0.2) is 5.69 Å². The van der Waals surface area contributed by atoms with Gasteiger partial charge < -0.3 is 10.2 Å². The molecule has 1 aliphatic heterocycles. The average molecular weight is 384 g/mol. The average Bonchev–Trinajstić information content (AvgIpc) is 3.18. The minimum atomic E-state index is -0.123. The molecule has 1 aromatic heterocycles. The van der Waals surface area contributed by atoms with E-state index in [1.807, 2.05) is 45.0 Å². The molecule has 8 heteroatoms. The van der Waals surface area contributed by atoms with Crippen LogP contribution in [0.2, 0.25) is 0 Å². The maximum atomic E-state index is 12.7. The Hall–Kier alpha value is -2.74. The van der Waals surface area contributed by atoms with Crippen molar-refractivity contribution in [1.29, 1.82) is 0 Å². The second-order valence-electron chi connectivity index (χ2n) is 7.33. The SMILES string of the molecule is CCC(C)NC(=O)CN1CCN(C(=O)c2cn(-c3ccc(C)cc3)nn2)CC1. The monoisotopic (exact) mass is 384 g/mol. The molecule has 1 fully saturated rings. The number of rotatable bonds is 6. The van der Waals surface area contributed by atoms with Crippen LogP contribution in [-0.2, 0) is 4.79 Å². The van der Waals surface area contributed by atoms with Crippen molar-refractivity contribution >= 4 is 11.8 Å². The topological polar surface area (TPSA) is 83.4 Å². The van der Waals surface area contributed by atoms with Crippen LogP contribution >= 0.6 is 0 Å². The Morgan fingerprint density at radius 2 is 1.82 bits per heavy atom. The van der Waals surface area contributed by atoms with Gasteiger partial charge in [-0.3, -0.25) is 14.5 Å². The van der Waals surface area contributed by atoms with Crippen molar-refractivity contribution in [1.82, 2.24) is 30.1 Å². The molecule has 28 heavy (non-hydrogen) atoms. The van der Waals surface area contributed by atoms with Crippen LogP contribution in [0.15, 0.2) is 30.5 Å². The Balaban J connectivity index is 1.53. The third-order valence-electron chi connectivity index (χ3n) is 5.06. The van der Waals surface area contributed by atoms with Crippen LogP contribution in [0.5, 0.6) is 0 Å². The lowest BCUT2D eigenvalue weighted by atomic mass is 10.2. The van der Waals surface area contributed by atoms with Gasteiger partial charge in [-0.05, 0) is 32.4 Å². The molecular formula is C20H28N6O2. The van der Waals surface area contributed by atoms with Gasteiger partial charge in [0.25, 0.3) is 5.91 Å². The van der Waals surface area contributed by atoms with E-state index in [1.165, 1.54) is 0 Å². The Morgan fingerprint density at radius 1 is 1.14 bits per heavy atom. The number of amides is 2. The van der Waals surface area contributed by atoms with Crippen LogP contribution in [-0.4, -0.2) is 75.4 Å². The Labute approximate surface area is 165 Å². The number of hydrogen-bond acceptors (Lipinski definition) is 5. The van der Waals surface area contributed by atoms with E-state index < -0.39 is 0 Å². The van der Waals surface area contributed by atoms with E-state index >= 15 is 0 Å². The Kier molecular flexibility index (Phi) is 6.41. The zero-order chi connectivity index (χ0) is 20.1. The summed E-state index contributed by atoms with van der Waals surface area (Å²) in [6.45, 7) is 8.93. The first-order chi connectivity index (χ1) is 13.5. The van der Waals surface area contributed by atoms with Crippen LogP contribution in [0.3, 0.4) is 0 Å². The lowest BCUT2D eigenvalue weighted by Crippen LogP contribution is -2.51. The Morgan fingerprint density at radius 3 is 2.46 bits per heavy atom. The molecule has 1 aromatic carbocycles. The normalized spacial score (nSPS) is 16.0. The van der Waals surface area contributed by atoms with Crippen LogP contribution in [0.25, 0.3) is 5.69 Å². The largest absolute Gasteiger partial charge is 0.353 e. The van der Waals surface area contributed by atoms with Gasteiger partial charge >= 0.3 is 0 Å². The molecule has 150 valence electrons. The van der Waals surface area contributed by atoms with Gasteiger partial charge in [0.05, 0.1) is 18.4 Å². The molecule has 2 aromatic rings. The summed E-state index contributed by atoms with van der Waals surface area (Å²) < 4.78 is 1.61. The molecule has 0 aliphatic carbocycles. The van der Waals surface area contributed by atoms with E-state index in [0.717, 1.165) is 17.7 Å². The number of carbonyl (C=O) groups is 2. The summed E-state index contributed by atoms with van der Waals surface area (Å²) in [6, 6.07) is 8.07. The third kappa shape index (κ3) is 4.95. The van der Waals surface area contributed by atoms with Crippen LogP contribution < -0.4 is 5.32 Å². The zero-order valence-corrected chi connectivity index (χ0v) is 16.8. The van der Waals surface area contributed by atoms with E-state index in [4.69, 9.17) is 0 Å². The minimum Gasteiger partial charge on any atom is -0.353 e. The smallest absolute Gasteiger partial charge is 0.276 e. The number of benzene rings is 1. The van der Waals surface area contributed by atoms with Gasteiger partial charge in [-0.15, -0.1) is 5.10 Å². The fourth-order valence-electron chi connectivity index (χ4n) is 3.08. The lowest BCUT2D eigenvalue weighted by Gasteiger charge is -2.34. The van der Waals surface area contributed by atoms with Gasteiger partial charge in [-0.1, -0.05) is 29.8 Å².